The molecule has 0 radical (unpaired) electrons. The fourth-order valence-electron chi connectivity index (χ4n) is 2.31. The molecule has 0 aliphatic carbocycles. The molecule has 0 unspecified atom stereocenters. The van der Waals surface area contributed by atoms with Crippen LogP contribution in [0.5, 0.6) is 5.75 Å². The molecule has 2 aliphatic rings. The lowest BCUT2D eigenvalue weighted by Crippen LogP contribution is -2.47. The first-order valence-corrected chi connectivity index (χ1v) is 8.58. The smallest absolute Gasteiger partial charge is 0.404 e. The highest BCUT2D eigenvalue weighted by Gasteiger charge is 2.25. The molecule has 10 heteroatoms. The molecule has 2 heterocycles. The summed E-state index contributed by atoms with van der Waals surface area (Å²) in [5, 5.41) is 5.46. The molecule has 0 aromatic heterocycles. The van der Waals surface area contributed by atoms with Crippen LogP contribution in [0.2, 0.25) is 0 Å². The van der Waals surface area contributed by atoms with Crippen molar-refractivity contribution in [2.75, 3.05) is 26.2 Å². The molecule has 0 bridgehead atoms. The number of carbonyl (C=O) groups excluding carboxylic acids is 2. The number of thiocarbonyl (C=S) groups is 1. The average Bonchev–Trinajstić information content (AvgIpc) is 2.92. The molecule has 0 spiro atoms. The van der Waals surface area contributed by atoms with Crippen molar-refractivity contribution in [2.45, 2.75) is 0 Å². The predicted octanol–water partition coefficient (Wildman–Crippen LogP) is 1.86. The first-order chi connectivity index (χ1) is 12.0. The van der Waals surface area contributed by atoms with Crippen molar-refractivity contribution in [1.82, 2.24) is 15.5 Å². The van der Waals surface area contributed by atoms with Gasteiger partial charge in [0.25, 0.3) is 5.91 Å². The minimum absolute atomic E-state index is 0.0770. The van der Waals surface area contributed by atoms with Gasteiger partial charge in [-0.25, -0.2) is 13.6 Å². The van der Waals surface area contributed by atoms with Crippen molar-refractivity contribution in [1.29, 1.82) is 0 Å². The van der Waals surface area contributed by atoms with Crippen LogP contribution in [0.3, 0.4) is 0 Å². The second-order valence-electron chi connectivity index (χ2n) is 5.24. The molecule has 1 aromatic carbocycles. The Kier molecular flexibility index (Phi) is 5.30. The maximum Gasteiger partial charge on any atom is 0.415 e. The Balaban J connectivity index is 1.85. The van der Waals surface area contributed by atoms with Crippen molar-refractivity contribution >= 4 is 46.4 Å². The molecule has 0 saturated carbocycles. The van der Waals surface area contributed by atoms with Gasteiger partial charge in [0, 0.05) is 31.7 Å². The van der Waals surface area contributed by atoms with Crippen LogP contribution < -0.4 is 15.4 Å². The first kappa shape index (κ1) is 17.8. The van der Waals surface area contributed by atoms with E-state index in [1.807, 2.05) is 0 Å². The monoisotopic (exact) mass is 385 g/mol. The van der Waals surface area contributed by atoms with Crippen LogP contribution in [0.15, 0.2) is 17.0 Å². The Morgan fingerprint density at radius 2 is 2.04 bits per heavy atom. The number of piperazine rings is 1. The number of halogens is 2. The summed E-state index contributed by atoms with van der Waals surface area (Å²) in [5.74, 6) is -3.30. The molecule has 6 nitrogen and oxygen atoms in total. The summed E-state index contributed by atoms with van der Waals surface area (Å²) in [5.41, 5.74) is -0.0770. The topological polar surface area (TPSA) is 70.7 Å². The Morgan fingerprint density at radius 1 is 1.32 bits per heavy atom. The lowest BCUT2D eigenvalue weighted by Gasteiger charge is -2.26. The largest absolute Gasteiger partial charge is 0.415 e. The number of carbonyl (C=O) groups is 2. The third kappa shape index (κ3) is 3.97. The number of amides is 2. The quantitative estimate of drug-likeness (QED) is 0.598. The van der Waals surface area contributed by atoms with Gasteiger partial charge in [-0.2, -0.15) is 0 Å². The van der Waals surface area contributed by atoms with Gasteiger partial charge in [-0.15, -0.1) is 0 Å². The second-order valence-corrected chi connectivity index (χ2v) is 6.96. The maximum absolute atomic E-state index is 14.6. The van der Waals surface area contributed by atoms with E-state index in [4.69, 9.17) is 17.0 Å². The third-order valence-electron chi connectivity index (χ3n) is 3.57. The Labute approximate surface area is 151 Å². The van der Waals surface area contributed by atoms with Crippen LogP contribution in [0.4, 0.5) is 13.6 Å². The van der Waals surface area contributed by atoms with Crippen LogP contribution in [0.25, 0.3) is 6.08 Å². The van der Waals surface area contributed by atoms with Gasteiger partial charge in [-0.05, 0) is 18.2 Å². The predicted molar refractivity (Wildman–Crippen MR) is 93.1 cm³/mol. The molecule has 132 valence electrons. The highest BCUT2D eigenvalue weighted by Crippen LogP contribution is 2.30. The van der Waals surface area contributed by atoms with Gasteiger partial charge >= 0.3 is 6.09 Å². The molecule has 2 aliphatic heterocycles. The molecular weight excluding hydrogens is 372 g/mol. The van der Waals surface area contributed by atoms with Gasteiger partial charge in [-0.1, -0.05) is 24.0 Å². The van der Waals surface area contributed by atoms with Crippen molar-refractivity contribution in [2.24, 2.45) is 0 Å². The van der Waals surface area contributed by atoms with Crippen molar-refractivity contribution < 1.29 is 23.1 Å². The van der Waals surface area contributed by atoms with Crippen LogP contribution in [-0.2, 0) is 4.79 Å². The first-order valence-electron chi connectivity index (χ1n) is 7.36. The van der Waals surface area contributed by atoms with E-state index in [1.54, 1.807) is 0 Å². The fourth-order valence-corrected chi connectivity index (χ4v) is 3.35. The van der Waals surface area contributed by atoms with Gasteiger partial charge in [0.05, 0.1) is 4.91 Å². The third-order valence-corrected chi connectivity index (χ3v) is 4.73. The number of hydrogen-bond donors (Lipinski definition) is 2. The zero-order chi connectivity index (χ0) is 18.0. The highest BCUT2D eigenvalue weighted by atomic mass is 32.2. The zero-order valence-corrected chi connectivity index (χ0v) is 14.4. The number of thioether (sulfide) groups is 1. The van der Waals surface area contributed by atoms with Crippen LogP contribution in [-0.4, -0.2) is 47.4 Å². The molecule has 3 rings (SSSR count). The van der Waals surface area contributed by atoms with Crippen LogP contribution >= 0.6 is 24.0 Å². The summed E-state index contributed by atoms with van der Waals surface area (Å²) >= 11 is 5.83. The van der Waals surface area contributed by atoms with Crippen LogP contribution in [0.1, 0.15) is 5.56 Å². The molecule has 25 heavy (non-hydrogen) atoms. The molecule has 2 saturated heterocycles. The Hall–Kier alpha value is -2.04. The molecule has 2 fully saturated rings. The number of nitrogens with one attached hydrogen (secondary N) is 2. The number of rotatable bonds is 2. The lowest BCUT2D eigenvalue weighted by molar-refractivity contribution is -0.115. The minimum Gasteiger partial charge on any atom is -0.404 e. The molecular formula is C15H13F2N3O3S2. The Bertz CT molecular complexity index is 780. The van der Waals surface area contributed by atoms with Crippen LogP contribution in [0, 0.1) is 11.6 Å². The van der Waals surface area contributed by atoms with Crippen molar-refractivity contribution in [3.05, 3.63) is 34.2 Å². The van der Waals surface area contributed by atoms with Gasteiger partial charge in [0.1, 0.15) is 4.32 Å². The average molecular weight is 385 g/mol. The van der Waals surface area contributed by atoms with E-state index in [0.717, 1.165) is 23.9 Å². The highest BCUT2D eigenvalue weighted by molar-refractivity contribution is 8.26. The summed E-state index contributed by atoms with van der Waals surface area (Å²) in [6.07, 6.45) is 0.411. The van der Waals surface area contributed by atoms with E-state index < -0.39 is 29.4 Å². The number of ether oxygens (including phenoxy) is 1. The molecule has 0 atom stereocenters. The van der Waals surface area contributed by atoms with E-state index in [-0.39, 0.29) is 14.8 Å². The second kappa shape index (κ2) is 7.46. The van der Waals surface area contributed by atoms with Crippen molar-refractivity contribution in [3.63, 3.8) is 0 Å². The Morgan fingerprint density at radius 3 is 2.68 bits per heavy atom. The lowest BCUT2D eigenvalue weighted by atomic mass is 10.1. The summed E-state index contributed by atoms with van der Waals surface area (Å²) < 4.78 is 33.7. The summed E-state index contributed by atoms with van der Waals surface area (Å²) in [6.45, 7) is 1.94. The standard InChI is InChI=1S/C15H13F2N3O3S2/c16-9-2-1-8(7-10-13(21)19-14(24)25-10)11(17)12(9)23-15(22)20-5-3-18-4-6-20/h1-2,7,18H,3-6H2,(H,19,21,24)/b10-7-. The summed E-state index contributed by atoms with van der Waals surface area (Å²) in [4.78, 5) is 25.3. The van der Waals surface area contributed by atoms with Gasteiger partial charge in [0.15, 0.2) is 11.6 Å². The van der Waals surface area contributed by atoms with Crippen molar-refractivity contribution in [3.8, 4) is 5.75 Å². The van der Waals surface area contributed by atoms with E-state index in [2.05, 4.69) is 10.6 Å². The van der Waals surface area contributed by atoms with Gasteiger partial charge in [0.2, 0.25) is 5.75 Å². The number of benzene rings is 1. The van der Waals surface area contributed by atoms with Gasteiger partial charge < -0.3 is 20.3 Å². The van der Waals surface area contributed by atoms with E-state index in [0.29, 0.717) is 26.2 Å². The van der Waals surface area contributed by atoms with E-state index in [1.165, 1.54) is 11.0 Å². The van der Waals surface area contributed by atoms with Gasteiger partial charge in [-0.3, -0.25) is 4.79 Å². The SMILES string of the molecule is O=C1NC(=S)S/C1=C\c1ccc(F)c(OC(=O)N2CCNCC2)c1F. The van der Waals surface area contributed by atoms with E-state index >= 15 is 0 Å². The minimum atomic E-state index is -1.05. The normalized spacial score (nSPS) is 19.3. The zero-order valence-electron chi connectivity index (χ0n) is 12.8. The summed E-state index contributed by atoms with van der Waals surface area (Å²) in [6, 6.07) is 2.14. The maximum atomic E-state index is 14.6. The molecule has 2 amide bonds. The number of hydrogen-bond acceptors (Lipinski definition) is 6. The molecule has 2 N–H and O–H groups in total. The number of nitrogens with zero attached hydrogens (tertiary/aromatic N) is 1. The molecule has 1 aromatic rings. The fraction of sp³-hybridized carbons (Fsp3) is 0.267. The van der Waals surface area contributed by atoms with E-state index in [9.17, 15) is 18.4 Å². The summed E-state index contributed by atoms with van der Waals surface area (Å²) in [7, 11) is 0.